The summed E-state index contributed by atoms with van der Waals surface area (Å²) in [6.07, 6.45) is 2.95. The largest absolute Gasteiger partial charge is 0.371 e. The van der Waals surface area contributed by atoms with Gasteiger partial charge in [-0.15, -0.1) is 0 Å². The number of rotatable bonds is 5. The van der Waals surface area contributed by atoms with Gasteiger partial charge in [-0.25, -0.2) is 4.79 Å². The Labute approximate surface area is 170 Å². The van der Waals surface area contributed by atoms with Crippen molar-refractivity contribution in [1.29, 1.82) is 5.26 Å². The van der Waals surface area contributed by atoms with Crippen LogP contribution in [-0.4, -0.2) is 35.7 Å². The lowest BCUT2D eigenvalue weighted by Crippen LogP contribution is -2.46. The SMILES string of the molecule is CNC(C1CCN(c2ccc3c(=O)[nH]c(=O)n(C4CC4)c3c2C)C1)C(C)(C)C#N. The Morgan fingerprint density at radius 1 is 1.28 bits per heavy atom. The molecule has 2 heterocycles. The van der Waals surface area contributed by atoms with Gasteiger partial charge in [0.1, 0.15) is 0 Å². The van der Waals surface area contributed by atoms with E-state index in [0.29, 0.717) is 11.3 Å². The molecule has 7 nitrogen and oxygen atoms in total. The van der Waals surface area contributed by atoms with Crippen molar-refractivity contribution in [3.05, 3.63) is 38.5 Å². The van der Waals surface area contributed by atoms with E-state index in [1.807, 2.05) is 40.0 Å². The van der Waals surface area contributed by atoms with Gasteiger partial charge in [0, 0.05) is 30.9 Å². The van der Waals surface area contributed by atoms with Crippen molar-refractivity contribution in [2.24, 2.45) is 11.3 Å². The number of H-pyrrole nitrogens is 1. The predicted molar refractivity (Wildman–Crippen MR) is 114 cm³/mol. The van der Waals surface area contributed by atoms with Gasteiger partial charge in [0.15, 0.2) is 0 Å². The number of hydrogen-bond donors (Lipinski definition) is 2. The molecule has 1 aliphatic carbocycles. The molecule has 0 radical (unpaired) electrons. The molecule has 1 saturated carbocycles. The number of aromatic nitrogens is 2. The summed E-state index contributed by atoms with van der Waals surface area (Å²) in [5.41, 5.74) is 1.75. The van der Waals surface area contributed by atoms with E-state index in [1.54, 1.807) is 4.57 Å². The number of nitriles is 1. The summed E-state index contributed by atoms with van der Waals surface area (Å²) in [5, 5.41) is 13.5. The molecule has 1 aromatic heterocycles. The third kappa shape index (κ3) is 3.25. The van der Waals surface area contributed by atoms with Crippen LogP contribution in [-0.2, 0) is 0 Å². The van der Waals surface area contributed by atoms with Crippen molar-refractivity contribution >= 4 is 16.6 Å². The fourth-order valence-corrected chi connectivity index (χ4v) is 5.07. The molecule has 154 valence electrons. The van der Waals surface area contributed by atoms with Crippen LogP contribution < -0.4 is 21.5 Å². The van der Waals surface area contributed by atoms with E-state index < -0.39 is 5.41 Å². The molecule has 4 rings (SSSR count). The predicted octanol–water partition coefficient (Wildman–Crippen LogP) is 2.30. The fraction of sp³-hybridized carbons (Fsp3) is 0.591. The van der Waals surface area contributed by atoms with E-state index in [4.69, 9.17) is 0 Å². The number of hydrogen-bond acceptors (Lipinski definition) is 5. The average Bonchev–Trinajstić information content (AvgIpc) is 3.40. The van der Waals surface area contributed by atoms with Gasteiger partial charge in [0.25, 0.3) is 5.56 Å². The van der Waals surface area contributed by atoms with E-state index in [1.165, 1.54) is 0 Å². The Morgan fingerprint density at radius 3 is 2.62 bits per heavy atom. The molecule has 1 saturated heterocycles. The summed E-state index contributed by atoms with van der Waals surface area (Å²) in [7, 11) is 1.92. The molecule has 2 aliphatic rings. The first-order valence-electron chi connectivity index (χ1n) is 10.4. The zero-order valence-electron chi connectivity index (χ0n) is 17.6. The normalized spacial score (nSPS) is 20.8. The first kappa shape index (κ1) is 19.7. The highest BCUT2D eigenvalue weighted by atomic mass is 16.2. The van der Waals surface area contributed by atoms with E-state index in [9.17, 15) is 14.9 Å². The van der Waals surface area contributed by atoms with E-state index in [0.717, 1.165) is 49.1 Å². The van der Waals surface area contributed by atoms with Crippen LogP contribution in [0.2, 0.25) is 0 Å². The van der Waals surface area contributed by atoms with Gasteiger partial charge >= 0.3 is 5.69 Å². The first-order chi connectivity index (χ1) is 13.8. The van der Waals surface area contributed by atoms with Crippen LogP contribution in [0, 0.1) is 29.6 Å². The van der Waals surface area contributed by atoms with Crippen LogP contribution in [0.1, 0.15) is 44.7 Å². The lowest BCUT2D eigenvalue weighted by molar-refractivity contribution is 0.253. The highest BCUT2D eigenvalue weighted by molar-refractivity contribution is 5.86. The molecule has 0 spiro atoms. The molecule has 0 amide bonds. The maximum Gasteiger partial charge on any atom is 0.329 e. The van der Waals surface area contributed by atoms with Crippen molar-refractivity contribution in [2.75, 3.05) is 25.0 Å². The van der Waals surface area contributed by atoms with Crippen molar-refractivity contribution in [2.45, 2.75) is 52.1 Å². The van der Waals surface area contributed by atoms with E-state index in [2.05, 4.69) is 21.3 Å². The van der Waals surface area contributed by atoms with Crippen molar-refractivity contribution in [3.63, 3.8) is 0 Å². The molecular formula is C22H29N5O2. The third-order valence-corrected chi connectivity index (χ3v) is 6.65. The number of aryl methyl sites for hydroxylation is 1. The summed E-state index contributed by atoms with van der Waals surface area (Å²) >= 11 is 0. The molecule has 2 atom stereocenters. The van der Waals surface area contributed by atoms with Gasteiger partial charge in [-0.1, -0.05) is 0 Å². The summed E-state index contributed by atoms with van der Waals surface area (Å²) < 4.78 is 1.78. The maximum atomic E-state index is 12.5. The highest BCUT2D eigenvalue weighted by Gasteiger charge is 2.39. The minimum absolute atomic E-state index is 0.103. The summed E-state index contributed by atoms with van der Waals surface area (Å²) in [4.78, 5) is 29.7. The second kappa shape index (κ2) is 7.03. The van der Waals surface area contributed by atoms with E-state index >= 15 is 0 Å². The highest BCUT2D eigenvalue weighted by Crippen LogP contribution is 2.39. The maximum absolute atomic E-state index is 12.5. The lowest BCUT2D eigenvalue weighted by atomic mass is 9.78. The van der Waals surface area contributed by atoms with Crippen LogP contribution in [0.3, 0.4) is 0 Å². The lowest BCUT2D eigenvalue weighted by Gasteiger charge is -2.33. The average molecular weight is 396 g/mol. The summed E-state index contributed by atoms with van der Waals surface area (Å²) in [6.45, 7) is 7.72. The monoisotopic (exact) mass is 395 g/mol. The van der Waals surface area contributed by atoms with Crippen molar-refractivity contribution in [1.82, 2.24) is 14.9 Å². The topological polar surface area (TPSA) is 93.9 Å². The number of fused-ring (bicyclic) bond motifs is 1. The van der Waals surface area contributed by atoms with Crippen LogP contribution in [0.4, 0.5) is 5.69 Å². The Bertz CT molecular complexity index is 1100. The second-order valence-electron chi connectivity index (χ2n) is 9.06. The van der Waals surface area contributed by atoms with Gasteiger partial charge in [-0.05, 0) is 70.7 Å². The smallest absolute Gasteiger partial charge is 0.329 e. The molecule has 2 unspecified atom stereocenters. The van der Waals surface area contributed by atoms with Gasteiger partial charge < -0.3 is 10.2 Å². The van der Waals surface area contributed by atoms with Gasteiger partial charge in [0.2, 0.25) is 0 Å². The molecule has 2 N–H and O–H groups in total. The second-order valence-corrected chi connectivity index (χ2v) is 9.06. The standard InChI is InChI=1S/C22H29N5O2/c1-13-17(26-10-9-14(11-26)19(24-4)22(2,3)12-23)8-7-16-18(13)27(15-5-6-15)21(29)25-20(16)28/h7-8,14-15,19,24H,5-6,9-11H2,1-4H3,(H,25,28,29). The summed E-state index contributed by atoms with van der Waals surface area (Å²) in [5.74, 6) is 0.356. The molecule has 2 fully saturated rings. The Balaban J connectivity index is 1.74. The quantitative estimate of drug-likeness (QED) is 0.810. The van der Waals surface area contributed by atoms with Gasteiger partial charge in [0.05, 0.1) is 22.4 Å². The Kier molecular flexibility index (Phi) is 4.78. The first-order valence-corrected chi connectivity index (χ1v) is 10.4. The van der Waals surface area contributed by atoms with Crippen LogP contribution >= 0.6 is 0 Å². The minimum Gasteiger partial charge on any atom is -0.371 e. The molecule has 1 aromatic carbocycles. The molecule has 2 aromatic rings. The third-order valence-electron chi connectivity index (χ3n) is 6.65. The zero-order chi connectivity index (χ0) is 20.9. The number of nitrogens with zero attached hydrogens (tertiary/aromatic N) is 3. The Hall–Kier alpha value is -2.59. The molecular weight excluding hydrogens is 366 g/mol. The number of anilines is 1. The number of aromatic amines is 1. The molecule has 1 aliphatic heterocycles. The van der Waals surface area contributed by atoms with Gasteiger partial charge in [-0.3, -0.25) is 14.3 Å². The minimum atomic E-state index is -0.451. The van der Waals surface area contributed by atoms with Crippen molar-refractivity contribution in [3.8, 4) is 6.07 Å². The number of nitrogens with one attached hydrogen (secondary N) is 2. The van der Waals surface area contributed by atoms with E-state index in [-0.39, 0.29) is 23.3 Å². The van der Waals surface area contributed by atoms with Crippen molar-refractivity contribution < 1.29 is 0 Å². The van der Waals surface area contributed by atoms with Crippen LogP contribution in [0.15, 0.2) is 21.7 Å². The zero-order valence-corrected chi connectivity index (χ0v) is 17.6. The Morgan fingerprint density at radius 2 is 2.00 bits per heavy atom. The molecule has 29 heavy (non-hydrogen) atoms. The van der Waals surface area contributed by atoms with Gasteiger partial charge in [-0.2, -0.15) is 5.26 Å². The molecule has 0 bridgehead atoms. The van der Waals surface area contributed by atoms with Crippen LogP contribution in [0.5, 0.6) is 0 Å². The summed E-state index contributed by atoms with van der Waals surface area (Å²) in [6, 6.07) is 6.58. The van der Waals surface area contributed by atoms with Crippen LogP contribution in [0.25, 0.3) is 10.9 Å². The fourth-order valence-electron chi connectivity index (χ4n) is 5.07. The molecule has 7 heteroatoms. The number of benzene rings is 1.